The number of benzene rings is 6. The maximum absolute atomic E-state index is 5.30. The van der Waals surface area contributed by atoms with Crippen LogP contribution in [0, 0.1) is 0 Å². The Morgan fingerprint density at radius 1 is 0.620 bits per heavy atom. The Hall–Kier alpha value is -5.84. The number of nitrogens with zero attached hydrogens (tertiary/aromatic N) is 3. The Bertz CT molecular complexity index is 2550. The number of guanidine groups is 1. The Balaban J connectivity index is 0.990. The number of hydrogen-bond acceptors (Lipinski definition) is 4. The van der Waals surface area contributed by atoms with E-state index in [1.807, 2.05) is 11.3 Å². The summed E-state index contributed by atoms with van der Waals surface area (Å²) in [6.45, 7) is 0.721. The lowest BCUT2D eigenvalue weighted by Crippen LogP contribution is -2.39. The van der Waals surface area contributed by atoms with Gasteiger partial charge in [0.15, 0.2) is 0 Å². The Morgan fingerprint density at radius 2 is 1.32 bits per heavy atom. The molecule has 2 aliphatic heterocycles. The monoisotopic (exact) mass is 659 g/mol. The molecule has 0 saturated carbocycles. The van der Waals surface area contributed by atoms with Crippen LogP contribution in [-0.2, 0) is 0 Å². The van der Waals surface area contributed by atoms with E-state index in [9.17, 15) is 0 Å². The van der Waals surface area contributed by atoms with Crippen molar-refractivity contribution < 1.29 is 0 Å². The molecule has 0 fully saturated rings. The van der Waals surface area contributed by atoms with Crippen LogP contribution in [0.25, 0.3) is 48.0 Å². The van der Waals surface area contributed by atoms with Crippen molar-refractivity contribution in [3.05, 3.63) is 181 Å². The molecule has 10 rings (SSSR count). The van der Waals surface area contributed by atoms with Crippen molar-refractivity contribution >= 4 is 54.4 Å². The fraction of sp³-hybridized carbons (Fsp3) is 0.0870. The van der Waals surface area contributed by atoms with Gasteiger partial charge in [0.2, 0.25) is 5.96 Å². The second-order valence-electron chi connectivity index (χ2n) is 13.2. The van der Waals surface area contributed by atoms with Crippen LogP contribution in [0.3, 0.4) is 0 Å². The molecule has 50 heavy (non-hydrogen) atoms. The molecule has 3 nitrogen and oxygen atoms in total. The molecule has 4 heteroatoms. The van der Waals surface area contributed by atoms with E-state index in [1.165, 1.54) is 64.8 Å². The molecule has 3 aliphatic rings. The van der Waals surface area contributed by atoms with Gasteiger partial charge in [0.25, 0.3) is 0 Å². The Labute approximate surface area is 295 Å². The van der Waals surface area contributed by atoms with Gasteiger partial charge in [-0.2, -0.15) is 0 Å². The van der Waals surface area contributed by atoms with Gasteiger partial charge in [-0.1, -0.05) is 146 Å². The highest BCUT2D eigenvalue weighted by atomic mass is 32.1. The predicted molar refractivity (Wildman–Crippen MR) is 213 cm³/mol. The number of para-hydroxylation sites is 1. The fourth-order valence-electron chi connectivity index (χ4n) is 7.91. The Kier molecular flexibility index (Phi) is 6.95. The van der Waals surface area contributed by atoms with Gasteiger partial charge in [-0.05, 0) is 62.7 Å². The lowest BCUT2D eigenvalue weighted by atomic mass is 9.86. The molecule has 7 aromatic rings. The van der Waals surface area contributed by atoms with Crippen LogP contribution in [0.4, 0.5) is 5.69 Å². The van der Waals surface area contributed by atoms with Crippen LogP contribution in [-0.4, -0.2) is 24.3 Å². The van der Waals surface area contributed by atoms with E-state index < -0.39 is 0 Å². The first-order valence-corrected chi connectivity index (χ1v) is 18.2. The molecule has 1 aliphatic carbocycles. The van der Waals surface area contributed by atoms with Crippen molar-refractivity contribution in [3.63, 3.8) is 0 Å². The van der Waals surface area contributed by atoms with Gasteiger partial charge in [-0.25, -0.2) is 4.99 Å². The van der Waals surface area contributed by atoms with Crippen LogP contribution in [0.1, 0.15) is 29.0 Å². The highest BCUT2D eigenvalue weighted by molar-refractivity contribution is 7.26. The third-order valence-electron chi connectivity index (χ3n) is 10.3. The fourth-order valence-corrected chi connectivity index (χ4v) is 9.15. The third kappa shape index (κ3) is 4.87. The summed E-state index contributed by atoms with van der Waals surface area (Å²) in [7, 11) is 0. The van der Waals surface area contributed by atoms with Crippen molar-refractivity contribution in [1.29, 1.82) is 0 Å². The number of aliphatic imine (C=N–C) groups is 2. The summed E-state index contributed by atoms with van der Waals surface area (Å²) in [6, 6.07) is 52.6. The Morgan fingerprint density at radius 3 is 2.20 bits per heavy atom. The normalized spacial score (nSPS) is 18.1. The summed E-state index contributed by atoms with van der Waals surface area (Å²) in [5.74, 6) is 1.04. The topological polar surface area (TPSA) is 28.0 Å². The zero-order valence-corrected chi connectivity index (χ0v) is 28.2. The van der Waals surface area contributed by atoms with Gasteiger partial charge in [0.05, 0.1) is 11.8 Å². The molecule has 2 unspecified atom stereocenters. The minimum Gasteiger partial charge on any atom is -0.303 e. The van der Waals surface area contributed by atoms with Gasteiger partial charge in [0.1, 0.15) is 0 Å². The summed E-state index contributed by atoms with van der Waals surface area (Å²) < 4.78 is 2.67. The van der Waals surface area contributed by atoms with Crippen LogP contribution in [0.5, 0.6) is 0 Å². The van der Waals surface area contributed by atoms with Crippen molar-refractivity contribution in [1.82, 2.24) is 0 Å². The average Bonchev–Trinajstić information content (AvgIpc) is 3.74. The number of rotatable bonds is 4. The molecular weight excluding hydrogens is 627 g/mol. The molecule has 3 heterocycles. The van der Waals surface area contributed by atoms with Crippen LogP contribution in [0.2, 0.25) is 0 Å². The van der Waals surface area contributed by atoms with E-state index in [-0.39, 0.29) is 12.0 Å². The van der Waals surface area contributed by atoms with E-state index in [0.29, 0.717) is 0 Å². The van der Waals surface area contributed by atoms with Gasteiger partial charge in [-0.3, -0.25) is 4.99 Å². The third-order valence-corrected chi connectivity index (χ3v) is 11.6. The number of anilines is 1. The van der Waals surface area contributed by atoms with Gasteiger partial charge in [-0.15, -0.1) is 11.3 Å². The molecule has 0 saturated heterocycles. The zero-order chi connectivity index (χ0) is 33.0. The van der Waals surface area contributed by atoms with Crippen LogP contribution in [0.15, 0.2) is 174 Å². The maximum atomic E-state index is 5.30. The number of allylic oxidation sites excluding steroid dienone is 2. The molecule has 0 spiro atoms. The molecule has 0 amide bonds. The van der Waals surface area contributed by atoms with Crippen LogP contribution < -0.4 is 4.90 Å². The standard InChI is InChI=1S/C46H33N3S/c1-2-10-30(11-3-1)33-12-8-13-34(28-33)31-20-22-32(23-21-31)41-26-27-47-46(48-41)49-42-18-6-4-14-37(42)38-25-24-35(29-43(38)49)36-16-9-17-40-39-15-5-7-19-44(39)50-45(36)40/h1-25,28-29,38,43H,26-27H2. The maximum Gasteiger partial charge on any atom is 0.226 e. The number of hydrogen-bond donors (Lipinski definition) is 0. The molecule has 6 aromatic carbocycles. The van der Waals surface area contributed by atoms with E-state index >= 15 is 0 Å². The van der Waals surface area contributed by atoms with Crippen molar-refractivity contribution in [2.75, 3.05) is 11.4 Å². The van der Waals surface area contributed by atoms with E-state index in [1.54, 1.807) is 0 Å². The molecule has 0 radical (unpaired) electrons. The summed E-state index contributed by atoms with van der Waals surface area (Å²) in [5, 5.41) is 2.65. The highest BCUT2D eigenvalue weighted by Gasteiger charge is 2.40. The number of thiophene rings is 1. The number of fused-ring (bicyclic) bond motifs is 6. The SMILES string of the molecule is C1=CC2c3ccccc3N(C3=NCCC(c4ccc(-c5cccc(-c6ccccc6)c5)cc4)=N3)C2C=C1c1cccc2c1sc1ccccc12. The van der Waals surface area contributed by atoms with Gasteiger partial charge >= 0.3 is 0 Å². The van der Waals surface area contributed by atoms with E-state index in [4.69, 9.17) is 9.98 Å². The second-order valence-corrected chi connectivity index (χ2v) is 14.3. The lowest BCUT2D eigenvalue weighted by molar-refractivity contribution is 0.751. The quantitative estimate of drug-likeness (QED) is 0.185. The molecule has 2 atom stereocenters. The van der Waals surface area contributed by atoms with Crippen molar-refractivity contribution in [2.45, 2.75) is 18.4 Å². The average molecular weight is 660 g/mol. The first-order chi connectivity index (χ1) is 24.8. The first-order valence-electron chi connectivity index (χ1n) is 17.4. The first kappa shape index (κ1) is 29.1. The summed E-state index contributed by atoms with van der Waals surface area (Å²) >= 11 is 1.89. The van der Waals surface area contributed by atoms with Crippen molar-refractivity contribution in [2.24, 2.45) is 9.98 Å². The van der Waals surface area contributed by atoms with E-state index in [2.05, 4.69) is 169 Å². The summed E-state index contributed by atoms with van der Waals surface area (Å²) in [4.78, 5) is 12.7. The summed E-state index contributed by atoms with van der Waals surface area (Å²) in [6.07, 6.45) is 8.00. The predicted octanol–water partition coefficient (Wildman–Crippen LogP) is 11.6. The zero-order valence-electron chi connectivity index (χ0n) is 27.4. The van der Waals surface area contributed by atoms with Crippen molar-refractivity contribution in [3.8, 4) is 22.3 Å². The molecular formula is C46H33N3S. The van der Waals surface area contributed by atoms with Crippen LogP contribution >= 0.6 is 11.3 Å². The smallest absolute Gasteiger partial charge is 0.226 e. The molecule has 0 N–H and O–H groups in total. The summed E-state index contributed by atoms with van der Waals surface area (Å²) in [5.41, 5.74) is 12.2. The van der Waals surface area contributed by atoms with E-state index in [0.717, 1.165) is 30.2 Å². The second kappa shape index (κ2) is 11.9. The minimum absolute atomic E-state index is 0.0955. The largest absolute Gasteiger partial charge is 0.303 e. The lowest BCUT2D eigenvalue weighted by Gasteiger charge is -2.30. The van der Waals surface area contributed by atoms with Gasteiger partial charge < -0.3 is 4.90 Å². The minimum atomic E-state index is 0.0955. The molecule has 0 bridgehead atoms. The van der Waals surface area contributed by atoms with Gasteiger partial charge in [0, 0.05) is 44.7 Å². The molecule has 238 valence electrons. The highest BCUT2D eigenvalue weighted by Crippen LogP contribution is 2.47. The molecule has 1 aromatic heterocycles.